The van der Waals surface area contributed by atoms with E-state index in [4.69, 9.17) is 0 Å². The average molecular weight is 345 g/mol. The molecule has 2 aromatic carbocycles. The van der Waals surface area contributed by atoms with Crippen LogP contribution >= 0.6 is 0 Å². The minimum atomic E-state index is -0.0565. The topological polar surface area (TPSA) is 0 Å². The van der Waals surface area contributed by atoms with E-state index in [1.54, 1.807) is 0 Å². The molecule has 0 amide bonds. The number of halogens is 1. The van der Waals surface area contributed by atoms with Gasteiger partial charge in [-0.05, 0) is 41.8 Å². The molecule has 0 saturated carbocycles. The van der Waals surface area contributed by atoms with Gasteiger partial charge in [0.15, 0.2) is 7.14 Å². The lowest BCUT2D eigenvalue weighted by Crippen LogP contribution is -3.61. The zero-order chi connectivity index (χ0) is 12.4. The quantitative estimate of drug-likeness (QED) is 0.711. The van der Waals surface area contributed by atoms with E-state index in [1.165, 1.54) is 23.8 Å². The Balaban J connectivity index is 1.89. The maximum atomic E-state index is 4.05. The van der Waals surface area contributed by atoms with Crippen molar-refractivity contribution < 1.29 is 21.2 Å². The fraction of sp³-hybridized carbons (Fsp3) is 0.0588. The van der Waals surface area contributed by atoms with Gasteiger partial charge in [0, 0.05) is 0 Å². The Bertz CT molecular complexity index is 609. The van der Waals surface area contributed by atoms with Crippen LogP contribution in [0.25, 0.3) is 6.08 Å². The van der Waals surface area contributed by atoms with Crippen LogP contribution in [-0.2, 0) is 6.42 Å². The molecule has 18 heavy (non-hydrogen) atoms. The highest BCUT2D eigenvalue weighted by Gasteiger charge is 2.17. The lowest BCUT2D eigenvalue weighted by atomic mass is 9.95. The van der Waals surface area contributed by atoms with Gasteiger partial charge in [-0.1, -0.05) is 48.6 Å². The van der Waals surface area contributed by atoms with Crippen LogP contribution in [0.5, 0.6) is 0 Å². The van der Waals surface area contributed by atoms with Crippen LogP contribution < -0.4 is 21.2 Å². The Morgan fingerprint density at radius 1 is 0.889 bits per heavy atom. The van der Waals surface area contributed by atoms with Gasteiger partial charge in [0.2, 0.25) is 0 Å². The first-order valence-corrected chi connectivity index (χ1v) is 8.16. The van der Waals surface area contributed by atoms with Gasteiger partial charge in [-0.3, -0.25) is 0 Å². The molecule has 0 aliphatic heterocycles. The number of fused-ring (bicyclic) bond motifs is 1. The second-order valence-corrected chi connectivity index (χ2v) is 7.43. The van der Waals surface area contributed by atoms with Crippen molar-refractivity contribution in [1.82, 2.24) is 0 Å². The van der Waals surface area contributed by atoms with Gasteiger partial charge >= 0.3 is 21.2 Å². The number of allylic oxidation sites excluding steroid dienone is 2. The first-order chi connectivity index (χ1) is 8.81. The molecule has 0 bridgehead atoms. The predicted octanol–water partition coefficient (Wildman–Crippen LogP) is 0.940. The van der Waals surface area contributed by atoms with Crippen LogP contribution in [0.4, 0.5) is 0 Å². The van der Waals surface area contributed by atoms with Crippen LogP contribution in [0.15, 0.2) is 66.8 Å². The Morgan fingerprint density at radius 2 is 1.72 bits per heavy atom. The molecule has 0 unspecified atom stereocenters. The molecule has 0 saturated heterocycles. The third-order valence-corrected chi connectivity index (χ3v) is 5.61. The molecule has 0 nitrogen and oxygen atoms in total. The standard InChI is InChI=1S/C17H14I/c1-13-7-8-14-9-10-17(12-15(14)11-13)18-16-5-3-2-4-6-16/h2-10,12H,1,11H2/q+1. The Morgan fingerprint density at radius 3 is 2.56 bits per heavy atom. The molecule has 1 heteroatoms. The molecule has 0 atom stereocenters. The Labute approximate surface area is 118 Å². The third kappa shape index (κ3) is 2.56. The molecule has 0 N–H and O–H groups in total. The molecule has 2 aromatic rings. The molecule has 0 spiro atoms. The van der Waals surface area contributed by atoms with Crippen LogP contribution in [0, 0.1) is 7.14 Å². The van der Waals surface area contributed by atoms with Gasteiger partial charge in [-0.25, -0.2) is 0 Å². The average Bonchev–Trinajstić information content (AvgIpc) is 2.39. The summed E-state index contributed by atoms with van der Waals surface area (Å²) in [6.07, 6.45) is 5.29. The van der Waals surface area contributed by atoms with Crippen molar-refractivity contribution in [2.24, 2.45) is 0 Å². The highest BCUT2D eigenvalue weighted by molar-refractivity contribution is 5.61. The fourth-order valence-corrected chi connectivity index (χ4v) is 4.45. The van der Waals surface area contributed by atoms with Gasteiger partial charge in [0.25, 0.3) is 0 Å². The molecule has 0 radical (unpaired) electrons. The van der Waals surface area contributed by atoms with E-state index >= 15 is 0 Å². The summed E-state index contributed by atoms with van der Waals surface area (Å²) in [5.41, 5.74) is 3.98. The predicted molar refractivity (Wildman–Crippen MR) is 72.2 cm³/mol. The Hall–Kier alpha value is -1.35. The summed E-state index contributed by atoms with van der Waals surface area (Å²) in [5.74, 6) is 0. The Kier molecular flexibility index (Phi) is 3.33. The molecule has 0 fully saturated rings. The minimum Gasteiger partial charge on any atom is -0.0955 e. The highest BCUT2D eigenvalue weighted by atomic mass is 127. The summed E-state index contributed by atoms with van der Waals surface area (Å²) in [6, 6.07) is 17.7. The summed E-state index contributed by atoms with van der Waals surface area (Å²) in [7, 11) is 0. The molecular formula is C17H14I+. The summed E-state index contributed by atoms with van der Waals surface area (Å²) >= 11 is -0.0565. The maximum Gasteiger partial charge on any atom is 0.357 e. The number of rotatable bonds is 2. The van der Waals surface area contributed by atoms with E-state index in [9.17, 15) is 0 Å². The first kappa shape index (κ1) is 11.7. The van der Waals surface area contributed by atoms with Crippen molar-refractivity contribution >= 4 is 6.08 Å². The second kappa shape index (κ2) is 5.11. The lowest BCUT2D eigenvalue weighted by molar-refractivity contribution is -0.597. The minimum absolute atomic E-state index is 0.0565. The summed E-state index contributed by atoms with van der Waals surface area (Å²) in [4.78, 5) is 0. The van der Waals surface area contributed by atoms with Crippen molar-refractivity contribution in [1.29, 1.82) is 0 Å². The summed E-state index contributed by atoms with van der Waals surface area (Å²) in [6.45, 7) is 4.05. The van der Waals surface area contributed by atoms with E-state index in [1.807, 2.05) is 0 Å². The highest BCUT2D eigenvalue weighted by Crippen LogP contribution is 2.20. The lowest BCUT2D eigenvalue weighted by Gasteiger charge is -2.10. The van der Waals surface area contributed by atoms with E-state index in [0.29, 0.717) is 0 Å². The van der Waals surface area contributed by atoms with Gasteiger partial charge in [0.05, 0.1) is 0 Å². The number of hydrogen-bond donors (Lipinski definition) is 0. The van der Waals surface area contributed by atoms with Crippen LogP contribution in [-0.4, -0.2) is 0 Å². The molecule has 0 aromatic heterocycles. The van der Waals surface area contributed by atoms with Crippen molar-refractivity contribution in [3.05, 3.63) is 85.0 Å². The number of benzene rings is 2. The summed E-state index contributed by atoms with van der Waals surface area (Å²) in [5, 5.41) is 0. The maximum absolute atomic E-state index is 4.05. The van der Waals surface area contributed by atoms with Crippen molar-refractivity contribution in [3.8, 4) is 0 Å². The van der Waals surface area contributed by atoms with Crippen molar-refractivity contribution in [3.63, 3.8) is 0 Å². The van der Waals surface area contributed by atoms with Crippen molar-refractivity contribution in [2.75, 3.05) is 0 Å². The number of hydrogen-bond acceptors (Lipinski definition) is 0. The van der Waals surface area contributed by atoms with Crippen molar-refractivity contribution in [2.45, 2.75) is 6.42 Å². The van der Waals surface area contributed by atoms with E-state index in [2.05, 4.69) is 67.3 Å². The molecule has 1 aliphatic rings. The van der Waals surface area contributed by atoms with Crippen LogP contribution in [0.2, 0.25) is 0 Å². The fourth-order valence-electron chi connectivity index (χ4n) is 2.06. The van der Waals surface area contributed by atoms with E-state index in [0.717, 1.165) is 6.42 Å². The van der Waals surface area contributed by atoms with E-state index in [-0.39, 0.29) is 21.2 Å². The van der Waals surface area contributed by atoms with Gasteiger partial charge in [0.1, 0.15) is 0 Å². The molecular weight excluding hydrogens is 331 g/mol. The second-order valence-electron chi connectivity index (χ2n) is 4.40. The summed E-state index contributed by atoms with van der Waals surface area (Å²) < 4.78 is 2.96. The van der Waals surface area contributed by atoms with Crippen LogP contribution in [0.3, 0.4) is 0 Å². The van der Waals surface area contributed by atoms with Crippen LogP contribution in [0.1, 0.15) is 11.1 Å². The molecule has 3 rings (SSSR count). The normalized spacial score (nSPS) is 13.4. The third-order valence-electron chi connectivity index (χ3n) is 2.97. The van der Waals surface area contributed by atoms with E-state index < -0.39 is 0 Å². The smallest absolute Gasteiger partial charge is 0.0955 e. The molecule has 1 aliphatic carbocycles. The zero-order valence-corrected chi connectivity index (χ0v) is 12.2. The van der Waals surface area contributed by atoms with Gasteiger partial charge in [-0.15, -0.1) is 0 Å². The SMILES string of the molecule is C=C1C=Cc2ccc([I+]c3ccccc3)cc2C1. The first-order valence-electron chi connectivity index (χ1n) is 6.00. The molecule has 0 heterocycles. The molecule has 88 valence electrons. The van der Waals surface area contributed by atoms with Gasteiger partial charge < -0.3 is 0 Å². The monoisotopic (exact) mass is 345 g/mol. The zero-order valence-electron chi connectivity index (χ0n) is 10.1. The van der Waals surface area contributed by atoms with Gasteiger partial charge in [-0.2, -0.15) is 0 Å². The largest absolute Gasteiger partial charge is 0.357 e.